The van der Waals surface area contributed by atoms with Gasteiger partial charge in [-0.1, -0.05) is 43.7 Å². The van der Waals surface area contributed by atoms with Crippen molar-refractivity contribution in [2.24, 2.45) is 0 Å². The molecule has 0 saturated carbocycles. The maximum atomic E-state index is 5.60. The summed E-state index contributed by atoms with van der Waals surface area (Å²) in [6.07, 6.45) is 2.32. The second-order valence-electron chi connectivity index (χ2n) is 3.26. The van der Waals surface area contributed by atoms with Crippen molar-refractivity contribution in [3.05, 3.63) is 35.9 Å². The fourth-order valence-corrected chi connectivity index (χ4v) is 1.43. The van der Waals surface area contributed by atoms with Crippen molar-refractivity contribution in [2.75, 3.05) is 13.9 Å². The Balaban J connectivity index is 2.58. The minimum Gasteiger partial charge on any atom is -0.359 e. The largest absolute Gasteiger partial charge is 0.359 e. The summed E-state index contributed by atoms with van der Waals surface area (Å²) in [5, 5.41) is 0. The summed E-state index contributed by atoms with van der Waals surface area (Å²) in [7, 11) is 1.65. The topological polar surface area (TPSA) is 18.5 Å². The Bertz CT molecular complexity index is 233. The molecule has 0 spiro atoms. The van der Waals surface area contributed by atoms with Gasteiger partial charge in [-0.25, -0.2) is 0 Å². The second kappa shape index (κ2) is 6.57. The van der Waals surface area contributed by atoms with Crippen molar-refractivity contribution in [2.45, 2.75) is 25.9 Å². The van der Waals surface area contributed by atoms with Crippen LogP contribution in [0.5, 0.6) is 0 Å². The first-order valence-corrected chi connectivity index (χ1v) is 5.04. The predicted octanol–water partition coefficient (Wildman–Crippen LogP) is 3.15. The molecule has 1 aromatic carbocycles. The molecule has 1 unspecified atom stereocenters. The summed E-state index contributed by atoms with van der Waals surface area (Å²) >= 11 is 0. The van der Waals surface area contributed by atoms with E-state index in [1.807, 2.05) is 18.2 Å². The summed E-state index contributed by atoms with van der Waals surface area (Å²) in [5.41, 5.74) is 1.23. The third-order valence-electron chi connectivity index (χ3n) is 2.11. The molecule has 0 N–H and O–H groups in total. The Hall–Kier alpha value is -0.860. The molecular formula is C12H18O2. The fourth-order valence-electron chi connectivity index (χ4n) is 1.43. The van der Waals surface area contributed by atoms with Crippen molar-refractivity contribution in [1.29, 1.82) is 0 Å². The standard InChI is InChI=1S/C12H18O2/c1-3-7-12(14-10-13-2)11-8-5-4-6-9-11/h4-6,8-9,12H,3,7,10H2,1-2H3. The van der Waals surface area contributed by atoms with Crippen molar-refractivity contribution in [3.8, 4) is 0 Å². The van der Waals surface area contributed by atoms with Gasteiger partial charge in [0, 0.05) is 7.11 Å². The van der Waals surface area contributed by atoms with Crippen LogP contribution in [0, 0.1) is 0 Å². The third kappa shape index (κ3) is 3.48. The van der Waals surface area contributed by atoms with Crippen molar-refractivity contribution >= 4 is 0 Å². The predicted molar refractivity (Wildman–Crippen MR) is 57.1 cm³/mol. The third-order valence-corrected chi connectivity index (χ3v) is 2.11. The summed E-state index contributed by atoms with van der Waals surface area (Å²) in [4.78, 5) is 0. The van der Waals surface area contributed by atoms with E-state index in [4.69, 9.17) is 9.47 Å². The molecule has 0 radical (unpaired) electrons. The minimum atomic E-state index is 0.168. The van der Waals surface area contributed by atoms with Crippen LogP contribution >= 0.6 is 0 Å². The van der Waals surface area contributed by atoms with Gasteiger partial charge in [0.05, 0.1) is 6.10 Å². The number of rotatable bonds is 6. The molecule has 0 saturated heterocycles. The first-order chi connectivity index (χ1) is 6.88. The average molecular weight is 194 g/mol. The zero-order valence-electron chi connectivity index (χ0n) is 8.90. The Kier molecular flexibility index (Phi) is 5.27. The summed E-state index contributed by atoms with van der Waals surface area (Å²) in [6, 6.07) is 10.3. The molecule has 0 aromatic heterocycles. The van der Waals surface area contributed by atoms with Crippen LogP contribution in [0.4, 0.5) is 0 Å². The van der Waals surface area contributed by atoms with Gasteiger partial charge < -0.3 is 9.47 Å². The summed E-state index contributed by atoms with van der Waals surface area (Å²) in [6.45, 7) is 2.52. The number of methoxy groups -OCH3 is 1. The lowest BCUT2D eigenvalue weighted by atomic mass is 10.1. The minimum absolute atomic E-state index is 0.168. The van der Waals surface area contributed by atoms with E-state index in [0.717, 1.165) is 12.8 Å². The number of hydrogen-bond acceptors (Lipinski definition) is 2. The maximum absolute atomic E-state index is 5.60. The zero-order chi connectivity index (χ0) is 10.2. The molecule has 0 bridgehead atoms. The van der Waals surface area contributed by atoms with Crippen LogP contribution in [0.15, 0.2) is 30.3 Å². The highest BCUT2D eigenvalue weighted by molar-refractivity contribution is 5.17. The molecule has 0 aliphatic rings. The van der Waals surface area contributed by atoms with Gasteiger partial charge in [-0.15, -0.1) is 0 Å². The van der Waals surface area contributed by atoms with E-state index in [2.05, 4.69) is 19.1 Å². The Labute approximate surface area is 85.8 Å². The van der Waals surface area contributed by atoms with Crippen molar-refractivity contribution in [1.82, 2.24) is 0 Å². The zero-order valence-corrected chi connectivity index (χ0v) is 8.90. The monoisotopic (exact) mass is 194 g/mol. The smallest absolute Gasteiger partial charge is 0.147 e. The normalized spacial score (nSPS) is 12.7. The second-order valence-corrected chi connectivity index (χ2v) is 3.26. The number of hydrogen-bond donors (Lipinski definition) is 0. The molecule has 1 aromatic rings. The Morgan fingerprint density at radius 3 is 2.50 bits per heavy atom. The van der Waals surface area contributed by atoms with E-state index < -0.39 is 0 Å². The van der Waals surface area contributed by atoms with Gasteiger partial charge >= 0.3 is 0 Å². The highest BCUT2D eigenvalue weighted by Crippen LogP contribution is 2.22. The maximum Gasteiger partial charge on any atom is 0.147 e. The van der Waals surface area contributed by atoms with Crippen LogP contribution in [0.1, 0.15) is 31.4 Å². The summed E-state index contributed by atoms with van der Waals surface area (Å²) < 4.78 is 10.5. The molecule has 2 nitrogen and oxygen atoms in total. The lowest BCUT2D eigenvalue weighted by Crippen LogP contribution is -2.06. The Morgan fingerprint density at radius 2 is 1.93 bits per heavy atom. The lowest BCUT2D eigenvalue weighted by Gasteiger charge is -2.16. The van der Waals surface area contributed by atoms with E-state index in [1.54, 1.807) is 7.11 Å². The molecule has 1 rings (SSSR count). The lowest BCUT2D eigenvalue weighted by molar-refractivity contribution is -0.0759. The summed E-state index contributed by atoms with van der Waals surface area (Å²) in [5.74, 6) is 0. The highest BCUT2D eigenvalue weighted by atomic mass is 16.7. The Morgan fingerprint density at radius 1 is 1.21 bits per heavy atom. The SMILES string of the molecule is CCCC(OCOC)c1ccccc1. The molecule has 0 amide bonds. The number of benzene rings is 1. The molecular weight excluding hydrogens is 176 g/mol. The van der Waals surface area contributed by atoms with Crippen LogP contribution in [0.25, 0.3) is 0 Å². The van der Waals surface area contributed by atoms with E-state index in [0.29, 0.717) is 6.79 Å². The molecule has 1 atom stereocenters. The van der Waals surface area contributed by atoms with Crippen molar-refractivity contribution in [3.63, 3.8) is 0 Å². The van der Waals surface area contributed by atoms with E-state index in [9.17, 15) is 0 Å². The van der Waals surface area contributed by atoms with E-state index in [-0.39, 0.29) is 6.10 Å². The van der Waals surface area contributed by atoms with Gasteiger partial charge in [-0.2, -0.15) is 0 Å². The van der Waals surface area contributed by atoms with Gasteiger partial charge in [0.1, 0.15) is 6.79 Å². The van der Waals surface area contributed by atoms with Crippen LogP contribution in [-0.2, 0) is 9.47 Å². The fraction of sp³-hybridized carbons (Fsp3) is 0.500. The number of ether oxygens (including phenoxy) is 2. The molecule has 0 aliphatic carbocycles. The van der Waals surface area contributed by atoms with E-state index >= 15 is 0 Å². The van der Waals surface area contributed by atoms with Crippen molar-refractivity contribution < 1.29 is 9.47 Å². The average Bonchev–Trinajstić information content (AvgIpc) is 2.25. The first kappa shape index (κ1) is 11.2. The quantitative estimate of drug-likeness (QED) is 0.648. The molecule has 0 aliphatic heterocycles. The van der Waals surface area contributed by atoms with Crippen LogP contribution in [-0.4, -0.2) is 13.9 Å². The first-order valence-electron chi connectivity index (χ1n) is 5.04. The van der Waals surface area contributed by atoms with Crippen LogP contribution in [0.3, 0.4) is 0 Å². The van der Waals surface area contributed by atoms with Gasteiger partial charge in [0.15, 0.2) is 0 Å². The molecule has 78 valence electrons. The van der Waals surface area contributed by atoms with Crippen LogP contribution < -0.4 is 0 Å². The van der Waals surface area contributed by atoms with Gasteiger partial charge in [0.25, 0.3) is 0 Å². The van der Waals surface area contributed by atoms with Gasteiger partial charge in [0.2, 0.25) is 0 Å². The molecule has 0 fully saturated rings. The molecule has 0 heterocycles. The highest BCUT2D eigenvalue weighted by Gasteiger charge is 2.09. The molecule has 14 heavy (non-hydrogen) atoms. The molecule has 2 heteroatoms. The van der Waals surface area contributed by atoms with Gasteiger partial charge in [-0.05, 0) is 12.0 Å². The van der Waals surface area contributed by atoms with E-state index in [1.165, 1.54) is 5.56 Å². The van der Waals surface area contributed by atoms with Crippen LogP contribution in [0.2, 0.25) is 0 Å². The van der Waals surface area contributed by atoms with Gasteiger partial charge in [-0.3, -0.25) is 0 Å².